The number of tetrazole rings is 1. The summed E-state index contributed by atoms with van der Waals surface area (Å²) in [6, 6.07) is 14.8. The van der Waals surface area contributed by atoms with E-state index in [1.807, 2.05) is 31.2 Å². The van der Waals surface area contributed by atoms with Crippen LogP contribution in [0.25, 0.3) is 0 Å². The number of ether oxygens (including phenoxy) is 2. The number of hydrogen-bond donors (Lipinski definition) is 1. The number of carbonyl (C=O) groups is 1. The fourth-order valence-corrected chi connectivity index (χ4v) is 2.74. The number of benzene rings is 2. The molecule has 0 saturated carbocycles. The molecule has 0 unspecified atom stereocenters. The summed E-state index contributed by atoms with van der Waals surface area (Å²) < 4.78 is 12.7. The van der Waals surface area contributed by atoms with Crippen LogP contribution in [0.2, 0.25) is 0 Å². The Labute approximate surface area is 163 Å². The highest BCUT2D eigenvalue weighted by atomic mass is 16.5. The highest BCUT2D eigenvalue weighted by molar-refractivity contribution is 5.94. The van der Waals surface area contributed by atoms with Gasteiger partial charge in [0.05, 0.1) is 7.11 Å². The first-order valence-electron chi connectivity index (χ1n) is 9.09. The molecule has 28 heavy (non-hydrogen) atoms. The molecule has 0 radical (unpaired) electrons. The first-order valence-corrected chi connectivity index (χ1v) is 9.09. The first-order chi connectivity index (χ1) is 13.7. The van der Waals surface area contributed by atoms with E-state index in [-0.39, 0.29) is 12.5 Å². The molecule has 8 heteroatoms. The van der Waals surface area contributed by atoms with Gasteiger partial charge in [0.1, 0.15) is 18.1 Å². The van der Waals surface area contributed by atoms with Crippen molar-refractivity contribution in [3.05, 3.63) is 65.5 Å². The molecule has 1 amide bonds. The van der Waals surface area contributed by atoms with Gasteiger partial charge in [0, 0.05) is 18.7 Å². The van der Waals surface area contributed by atoms with Crippen LogP contribution in [0.1, 0.15) is 28.7 Å². The molecule has 3 rings (SSSR count). The van der Waals surface area contributed by atoms with Crippen molar-refractivity contribution in [2.75, 3.05) is 13.7 Å². The van der Waals surface area contributed by atoms with Crippen molar-refractivity contribution in [2.24, 2.45) is 0 Å². The SMILES string of the molecule is CCn1nnnc1COc1ccc(C(=O)NCCc2ccccc2OC)cc1. The van der Waals surface area contributed by atoms with E-state index >= 15 is 0 Å². The zero-order chi connectivity index (χ0) is 19.8. The summed E-state index contributed by atoms with van der Waals surface area (Å²) in [4.78, 5) is 12.3. The minimum atomic E-state index is -0.128. The van der Waals surface area contributed by atoms with Crippen LogP contribution in [0.5, 0.6) is 11.5 Å². The molecule has 146 valence electrons. The summed E-state index contributed by atoms with van der Waals surface area (Å²) in [5.41, 5.74) is 1.63. The van der Waals surface area contributed by atoms with Crippen LogP contribution in [0, 0.1) is 0 Å². The lowest BCUT2D eigenvalue weighted by Crippen LogP contribution is -2.25. The van der Waals surface area contributed by atoms with Crippen molar-refractivity contribution in [3.63, 3.8) is 0 Å². The molecular formula is C20H23N5O3. The molecular weight excluding hydrogens is 358 g/mol. The summed E-state index contributed by atoms with van der Waals surface area (Å²) >= 11 is 0. The summed E-state index contributed by atoms with van der Waals surface area (Å²) in [6.45, 7) is 3.43. The molecule has 0 aliphatic heterocycles. The summed E-state index contributed by atoms with van der Waals surface area (Å²) in [5, 5.41) is 14.3. The van der Waals surface area contributed by atoms with Crippen LogP contribution < -0.4 is 14.8 Å². The van der Waals surface area contributed by atoms with E-state index in [0.717, 1.165) is 11.3 Å². The van der Waals surface area contributed by atoms with E-state index in [0.29, 0.717) is 36.6 Å². The number of nitrogens with one attached hydrogen (secondary N) is 1. The second-order valence-electron chi connectivity index (χ2n) is 6.04. The first kappa shape index (κ1) is 19.3. The fourth-order valence-electron chi connectivity index (χ4n) is 2.74. The van der Waals surface area contributed by atoms with Gasteiger partial charge in [0.2, 0.25) is 0 Å². The van der Waals surface area contributed by atoms with Crippen molar-refractivity contribution < 1.29 is 14.3 Å². The van der Waals surface area contributed by atoms with Gasteiger partial charge < -0.3 is 14.8 Å². The minimum absolute atomic E-state index is 0.128. The lowest BCUT2D eigenvalue weighted by molar-refractivity contribution is 0.0954. The summed E-state index contributed by atoms with van der Waals surface area (Å²) in [5.74, 6) is 2.00. The third kappa shape index (κ3) is 4.85. The topological polar surface area (TPSA) is 91.2 Å². The average molecular weight is 381 g/mol. The van der Waals surface area contributed by atoms with Gasteiger partial charge in [0.25, 0.3) is 5.91 Å². The van der Waals surface area contributed by atoms with Crippen LogP contribution in [-0.4, -0.2) is 39.8 Å². The van der Waals surface area contributed by atoms with Crippen LogP contribution >= 0.6 is 0 Å². The Kier molecular flexibility index (Phi) is 6.56. The number of rotatable bonds is 9. The minimum Gasteiger partial charge on any atom is -0.496 e. The monoisotopic (exact) mass is 381 g/mol. The maximum absolute atomic E-state index is 12.3. The zero-order valence-electron chi connectivity index (χ0n) is 16.0. The third-order valence-corrected chi connectivity index (χ3v) is 4.26. The van der Waals surface area contributed by atoms with E-state index in [1.165, 1.54) is 0 Å². The van der Waals surface area contributed by atoms with Crippen LogP contribution in [-0.2, 0) is 19.6 Å². The number of hydrogen-bond acceptors (Lipinski definition) is 6. The maximum atomic E-state index is 12.3. The van der Waals surface area contributed by atoms with Gasteiger partial charge in [-0.3, -0.25) is 4.79 Å². The van der Waals surface area contributed by atoms with E-state index in [2.05, 4.69) is 20.8 Å². The molecule has 0 saturated heterocycles. The van der Waals surface area contributed by atoms with Gasteiger partial charge in [-0.1, -0.05) is 18.2 Å². The molecule has 3 aromatic rings. The third-order valence-electron chi connectivity index (χ3n) is 4.26. The summed E-state index contributed by atoms with van der Waals surface area (Å²) in [6.07, 6.45) is 0.698. The quantitative estimate of drug-likeness (QED) is 0.611. The molecule has 0 aliphatic rings. The second kappa shape index (κ2) is 9.50. The highest BCUT2D eigenvalue weighted by Gasteiger charge is 2.08. The molecule has 8 nitrogen and oxygen atoms in total. The zero-order valence-corrected chi connectivity index (χ0v) is 16.0. The largest absolute Gasteiger partial charge is 0.496 e. The molecule has 0 spiro atoms. The predicted octanol–water partition coefficient (Wildman–Crippen LogP) is 2.25. The molecule has 2 aromatic carbocycles. The van der Waals surface area contributed by atoms with E-state index in [4.69, 9.17) is 9.47 Å². The van der Waals surface area contributed by atoms with Crippen molar-refractivity contribution in [3.8, 4) is 11.5 Å². The molecule has 1 aromatic heterocycles. The molecule has 0 fully saturated rings. The maximum Gasteiger partial charge on any atom is 0.251 e. The lowest BCUT2D eigenvalue weighted by Gasteiger charge is -2.10. The van der Waals surface area contributed by atoms with Gasteiger partial charge in [0.15, 0.2) is 5.82 Å². The van der Waals surface area contributed by atoms with Crippen molar-refractivity contribution in [2.45, 2.75) is 26.5 Å². The number of carbonyl (C=O) groups excluding carboxylic acids is 1. The Balaban J connectivity index is 1.49. The smallest absolute Gasteiger partial charge is 0.251 e. The van der Waals surface area contributed by atoms with Crippen LogP contribution in [0.4, 0.5) is 0 Å². The van der Waals surface area contributed by atoms with Gasteiger partial charge in [-0.25, -0.2) is 4.68 Å². The molecule has 0 aliphatic carbocycles. The fraction of sp³-hybridized carbons (Fsp3) is 0.300. The standard InChI is InChI=1S/C20H23N5O3/c1-3-25-19(22-23-24-25)14-28-17-10-8-16(9-11-17)20(26)21-13-12-15-6-4-5-7-18(15)27-2/h4-11H,3,12-14H2,1-2H3,(H,21,26). The second-order valence-corrected chi connectivity index (χ2v) is 6.04. The van der Waals surface area contributed by atoms with Crippen molar-refractivity contribution in [1.29, 1.82) is 0 Å². The normalized spacial score (nSPS) is 10.5. The van der Waals surface area contributed by atoms with Gasteiger partial charge in [-0.2, -0.15) is 0 Å². The van der Waals surface area contributed by atoms with Crippen LogP contribution in [0.3, 0.4) is 0 Å². The predicted molar refractivity (Wildman–Crippen MR) is 103 cm³/mol. The van der Waals surface area contributed by atoms with E-state index < -0.39 is 0 Å². The van der Waals surface area contributed by atoms with E-state index in [1.54, 1.807) is 36.1 Å². The van der Waals surface area contributed by atoms with Gasteiger partial charge in [-0.05, 0) is 59.7 Å². The van der Waals surface area contributed by atoms with Crippen molar-refractivity contribution in [1.82, 2.24) is 25.5 Å². The average Bonchev–Trinajstić information content (AvgIpc) is 3.20. The number of aryl methyl sites for hydroxylation is 1. The molecule has 0 atom stereocenters. The Morgan fingerprint density at radius 3 is 2.68 bits per heavy atom. The number of methoxy groups -OCH3 is 1. The molecule has 0 bridgehead atoms. The molecule has 1 heterocycles. The Morgan fingerprint density at radius 1 is 1.14 bits per heavy atom. The summed E-state index contributed by atoms with van der Waals surface area (Å²) in [7, 11) is 1.64. The lowest BCUT2D eigenvalue weighted by atomic mass is 10.1. The number of amides is 1. The number of para-hydroxylation sites is 1. The van der Waals surface area contributed by atoms with Gasteiger partial charge >= 0.3 is 0 Å². The highest BCUT2D eigenvalue weighted by Crippen LogP contribution is 2.17. The Morgan fingerprint density at radius 2 is 1.93 bits per heavy atom. The number of aromatic nitrogens is 4. The van der Waals surface area contributed by atoms with E-state index in [9.17, 15) is 4.79 Å². The van der Waals surface area contributed by atoms with Crippen LogP contribution in [0.15, 0.2) is 48.5 Å². The number of nitrogens with zero attached hydrogens (tertiary/aromatic N) is 4. The molecule has 1 N–H and O–H groups in total. The Bertz CT molecular complexity index is 908. The Hall–Kier alpha value is -3.42. The van der Waals surface area contributed by atoms with Crippen molar-refractivity contribution >= 4 is 5.91 Å². The van der Waals surface area contributed by atoms with Gasteiger partial charge in [-0.15, -0.1) is 5.10 Å².